The van der Waals surface area contributed by atoms with E-state index in [0.717, 1.165) is 6.07 Å². The molecule has 0 aliphatic carbocycles. The van der Waals surface area contributed by atoms with Crippen LogP contribution in [0, 0.1) is 5.82 Å². The second-order valence-corrected chi connectivity index (χ2v) is 3.02. The van der Waals surface area contributed by atoms with Crippen LogP contribution in [0.25, 0.3) is 0 Å². The minimum absolute atomic E-state index is 0.000602. The minimum atomic E-state index is -0.556. The van der Waals surface area contributed by atoms with Crippen LogP contribution in [0.1, 0.15) is 6.92 Å². The van der Waals surface area contributed by atoms with E-state index in [-0.39, 0.29) is 10.7 Å². The van der Waals surface area contributed by atoms with Crippen LogP contribution in [0.5, 0.6) is 5.75 Å². The molecule has 0 saturated heterocycles. The Balaban J connectivity index is 3.08. The molecule has 1 rings (SSSR count). The molecule has 0 unspecified atom stereocenters. The number of halogens is 2. The molecular weight excluding hydrogens is 193 g/mol. The molecule has 0 spiro atoms. The van der Waals surface area contributed by atoms with Gasteiger partial charge < -0.3 is 10.5 Å². The Bertz CT molecular complexity index is 352. The fourth-order valence-corrected chi connectivity index (χ4v) is 1.000. The highest BCUT2D eigenvalue weighted by Crippen LogP contribution is 2.29. The van der Waals surface area contributed by atoms with Gasteiger partial charge >= 0.3 is 0 Å². The van der Waals surface area contributed by atoms with Gasteiger partial charge in [0.2, 0.25) is 0 Å². The number of rotatable bonds is 2. The van der Waals surface area contributed by atoms with E-state index in [1.807, 2.05) is 0 Å². The number of anilines is 1. The van der Waals surface area contributed by atoms with Crippen molar-refractivity contribution < 1.29 is 9.13 Å². The molecule has 0 amide bonds. The first-order chi connectivity index (χ1) is 6.00. The Hall–Kier alpha value is -1.22. The number of ether oxygens (including phenoxy) is 1. The zero-order valence-electron chi connectivity index (χ0n) is 7.10. The predicted octanol–water partition coefficient (Wildman–Crippen LogP) is 2.97. The molecule has 0 atom stereocenters. The lowest BCUT2D eigenvalue weighted by molar-refractivity contribution is 0.430. The van der Waals surface area contributed by atoms with Gasteiger partial charge in [0, 0.05) is 6.07 Å². The maximum absolute atomic E-state index is 12.8. The van der Waals surface area contributed by atoms with Gasteiger partial charge in [0.1, 0.15) is 11.6 Å². The minimum Gasteiger partial charge on any atom is -0.461 e. The van der Waals surface area contributed by atoms with Gasteiger partial charge in [0.05, 0.1) is 16.5 Å². The quantitative estimate of drug-likeness (QED) is 0.590. The third-order valence-electron chi connectivity index (χ3n) is 1.34. The van der Waals surface area contributed by atoms with Crippen LogP contribution in [-0.4, -0.2) is 0 Å². The molecule has 0 aromatic heterocycles. The number of nitrogens with two attached hydrogens (primary N) is 1. The largest absolute Gasteiger partial charge is 0.461 e. The van der Waals surface area contributed by atoms with E-state index >= 15 is 0 Å². The van der Waals surface area contributed by atoms with Gasteiger partial charge in [-0.2, -0.15) is 0 Å². The van der Waals surface area contributed by atoms with Crippen LogP contribution < -0.4 is 10.5 Å². The SMILES string of the molecule is C=C(C)Oc1cc(N)c(F)cc1Cl. The van der Waals surface area contributed by atoms with E-state index in [1.165, 1.54) is 6.07 Å². The second-order valence-electron chi connectivity index (χ2n) is 2.61. The summed E-state index contributed by atoms with van der Waals surface area (Å²) < 4.78 is 17.9. The molecule has 1 aromatic rings. The highest BCUT2D eigenvalue weighted by molar-refractivity contribution is 6.32. The third kappa shape index (κ3) is 2.36. The molecule has 13 heavy (non-hydrogen) atoms. The topological polar surface area (TPSA) is 35.2 Å². The van der Waals surface area contributed by atoms with Crippen molar-refractivity contribution in [3.63, 3.8) is 0 Å². The van der Waals surface area contributed by atoms with Crippen molar-refractivity contribution in [2.45, 2.75) is 6.92 Å². The fourth-order valence-electron chi connectivity index (χ4n) is 0.811. The molecule has 0 aliphatic heterocycles. The number of allylic oxidation sites excluding steroid dienone is 1. The summed E-state index contributed by atoms with van der Waals surface area (Å²) in [5.41, 5.74) is 5.32. The average molecular weight is 202 g/mol. The Labute approximate surface area is 80.8 Å². The molecule has 4 heteroatoms. The van der Waals surface area contributed by atoms with Crippen LogP contribution in [0.3, 0.4) is 0 Å². The van der Waals surface area contributed by atoms with Gasteiger partial charge in [0.25, 0.3) is 0 Å². The van der Waals surface area contributed by atoms with E-state index < -0.39 is 5.82 Å². The van der Waals surface area contributed by atoms with Crippen molar-refractivity contribution in [2.24, 2.45) is 0 Å². The molecule has 0 fully saturated rings. The molecule has 0 aliphatic rings. The van der Waals surface area contributed by atoms with Gasteiger partial charge in [-0.1, -0.05) is 18.2 Å². The molecule has 0 bridgehead atoms. The highest BCUT2D eigenvalue weighted by atomic mass is 35.5. The Kier molecular flexibility index (Phi) is 2.78. The van der Waals surface area contributed by atoms with E-state index in [4.69, 9.17) is 22.1 Å². The zero-order valence-corrected chi connectivity index (χ0v) is 7.86. The first-order valence-electron chi connectivity index (χ1n) is 3.58. The Morgan fingerprint density at radius 3 is 2.77 bits per heavy atom. The van der Waals surface area contributed by atoms with Crippen LogP contribution >= 0.6 is 11.6 Å². The lowest BCUT2D eigenvalue weighted by Gasteiger charge is -2.07. The maximum atomic E-state index is 12.8. The van der Waals surface area contributed by atoms with Crippen LogP contribution in [0.15, 0.2) is 24.5 Å². The summed E-state index contributed by atoms with van der Waals surface area (Å²) in [6, 6.07) is 2.43. The lowest BCUT2D eigenvalue weighted by atomic mass is 10.3. The summed E-state index contributed by atoms with van der Waals surface area (Å²) in [6.07, 6.45) is 0. The zero-order chi connectivity index (χ0) is 10.0. The number of benzene rings is 1. The first-order valence-corrected chi connectivity index (χ1v) is 3.96. The molecule has 2 nitrogen and oxygen atoms in total. The van der Waals surface area contributed by atoms with Crippen LogP contribution in [0.2, 0.25) is 5.02 Å². The van der Waals surface area contributed by atoms with E-state index in [9.17, 15) is 4.39 Å². The second kappa shape index (κ2) is 3.66. The summed E-state index contributed by atoms with van der Waals surface area (Å²) in [7, 11) is 0. The molecule has 2 N–H and O–H groups in total. The highest BCUT2D eigenvalue weighted by Gasteiger charge is 2.07. The molecule has 1 aromatic carbocycles. The van der Waals surface area contributed by atoms with Gasteiger partial charge in [0.15, 0.2) is 0 Å². The van der Waals surface area contributed by atoms with Crippen molar-refractivity contribution in [3.8, 4) is 5.75 Å². The maximum Gasteiger partial charge on any atom is 0.147 e. The molecule has 0 saturated carbocycles. The molecule has 70 valence electrons. The van der Waals surface area contributed by atoms with Gasteiger partial charge in [-0.05, 0) is 13.0 Å². The van der Waals surface area contributed by atoms with Gasteiger partial charge in [-0.3, -0.25) is 0 Å². The number of hydrogen-bond donors (Lipinski definition) is 1. The lowest BCUT2D eigenvalue weighted by Crippen LogP contribution is -1.95. The standard InChI is InChI=1S/C9H9ClFNO/c1-5(2)13-9-4-8(12)7(11)3-6(9)10/h3-4H,1,12H2,2H3. The monoisotopic (exact) mass is 201 g/mol. The molecular formula is C9H9ClFNO. The van der Waals surface area contributed by atoms with Crippen molar-refractivity contribution in [1.29, 1.82) is 0 Å². The predicted molar refractivity (Wildman–Crippen MR) is 51.3 cm³/mol. The van der Waals surface area contributed by atoms with Crippen molar-refractivity contribution >= 4 is 17.3 Å². The Morgan fingerprint density at radius 2 is 2.23 bits per heavy atom. The summed E-state index contributed by atoms with van der Waals surface area (Å²) in [6.45, 7) is 5.19. The first kappa shape index (κ1) is 9.86. The summed E-state index contributed by atoms with van der Waals surface area (Å²) in [4.78, 5) is 0. The third-order valence-corrected chi connectivity index (χ3v) is 1.63. The number of nitrogen functional groups attached to an aromatic ring is 1. The average Bonchev–Trinajstić information content (AvgIpc) is 1.99. The Morgan fingerprint density at radius 1 is 1.62 bits per heavy atom. The van der Waals surface area contributed by atoms with E-state index in [1.54, 1.807) is 6.92 Å². The van der Waals surface area contributed by atoms with E-state index in [0.29, 0.717) is 11.5 Å². The van der Waals surface area contributed by atoms with Crippen molar-refractivity contribution in [3.05, 3.63) is 35.3 Å². The molecule has 0 heterocycles. The summed E-state index contributed by atoms with van der Waals surface area (Å²) in [5, 5.41) is 0.176. The smallest absolute Gasteiger partial charge is 0.147 e. The van der Waals surface area contributed by atoms with Crippen LogP contribution in [-0.2, 0) is 0 Å². The van der Waals surface area contributed by atoms with Crippen LogP contribution in [0.4, 0.5) is 10.1 Å². The van der Waals surface area contributed by atoms with Gasteiger partial charge in [-0.15, -0.1) is 0 Å². The number of hydrogen-bond acceptors (Lipinski definition) is 2. The fraction of sp³-hybridized carbons (Fsp3) is 0.111. The van der Waals surface area contributed by atoms with E-state index in [2.05, 4.69) is 6.58 Å². The molecule has 0 radical (unpaired) electrons. The van der Waals surface area contributed by atoms with Gasteiger partial charge in [-0.25, -0.2) is 4.39 Å². The van der Waals surface area contributed by atoms with Crippen molar-refractivity contribution in [1.82, 2.24) is 0 Å². The summed E-state index contributed by atoms with van der Waals surface area (Å²) >= 11 is 5.68. The normalized spacial score (nSPS) is 9.77. The summed E-state index contributed by atoms with van der Waals surface area (Å²) in [5.74, 6) is 0.222. The van der Waals surface area contributed by atoms with Crippen molar-refractivity contribution in [2.75, 3.05) is 5.73 Å².